The van der Waals surface area contributed by atoms with Crippen LogP contribution >= 0.6 is 27.3 Å². The summed E-state index contributed by atoms with van der Waals surface area (Å²) in [5.41, 5.74) is 1.14. The molecular weight excluding hydrogens is 266 g/mol. The van der Waals surface area contributed by atoms with Crippen molar-refractivity contribution in [3.05, 3.63) is 37.7 Å². The summed E-state index contributed by atoms with van der Waals surface area (Å²) in [6.07, 6.45) is 0. The average Bonchev–Trinajstić information content (AvgIpc) is 2.56. The zero-order chi connectivity index (χ0) is 10.3. The fourth-order valence-corrected chi connectivity index (χ4v) is 3.01. The lowest BCUT2D eigenvalue weighted by atomic mass is 10.1. The number of fused-ring (bicyclic) bond motifs is 1. The highest BCUT2D eigenvalue weighted by molar-refractivity contribution is 9.10. The van der Waals surface area contributed by atoms with Crippen molar-refractivity contribution in [2.24, 2.45) is 0 Å². The molecule has 0 N–H and O–H groups in total. The summed E-state index contributed by atoms with van der Waals surface area (Å²) in [5.74, 6) is 0. The highest BCUT2D eigenvalue weighted by Gasteiger charge is 2.17. The molecule has 2 aromatic rings. The SMILES string of the molecule is Cc1ccc(Br)c2scc([N+](=O)[O-])c12. The van der Waals surface area contributed by atoms with Crippen LogP contribution in [0.3, 0.4) is 0 Å². The lowest BCUT2D eigenvalue weighted by molar-refractivity contribution is -0.382. The normalized spacial score (nSPS) is 10.7. The van der Waals surface area contributed by atoms with Gasteiger partial charge < -0.3 is 0 Å². The molecule has 5 heteroatoms. The fourth-order valence-electron chi connectivity index (χ4n) is 1.40. The van der Waals surface area contributed by atoms with Crippen LogP contribution in [0.2, 0.25) is 0 Å². The van der Waals surface area contributed by atoms with Crippen LogP contribution in [0.5, 0.6) is 0 Å². The van der Waals surface area contributed by atoms with E-state index in [9.17, 15) is 10.1 Å². The maximum Gasteiger partial charge on any atom is 0.288 e. The molecular formula is C9H6BrNO2S. The number of nitro groups is 1. The van der Waals surface area contributed by atoms with Crippen LogP contribution in [0, 0.1) is 17.0 Å². The second-order valence-corrected chi connectivity index (χ2v) is 4.68. The maximum absolute atomic E-state index is 10.7. The van der Waals surface area contributed by atoms with Crippen LogP contribution in [0.4, 0.5) is 5.69 Å². The minimum Gasteiger partial charge on any atom is -0.258 e. The van der Waals surface area contributed by atoms with E-state index in [0.29, 0.717) is 0 Å². The third-order valence-electron chi connectivity index (χ3n) is 2.06. The third kappa shape index (κ3) is 1.33. The van der Waals surface area contributed by atoms with Crippen molar-refractivity contribution in [2.75, 3.05) is 0 Å². The number of halogens is 1. The van der Waals surface area contributed by atoms with Gasteiger partial charge in [-0.1, -0.05) is 6.07 Å². The average molecular weight is 272 g/mol. The Morgan fingerprint density at radius 3 is 2.86 bits per heavy atom. The first-order valence-electron chi connectivity index (χ1n) is 3.92. The smallest absolute Gasteiger partial charge is 0.258 e. The molecule has 0 saturated heterocycles. The highest BCUT2D eigenvalue weighted by Crippen LogP contribution is 2.38. The summed E-state index contributed by atoms with van der Waals surface area (Å²) in [6, 6.07) is 3.80. The molecule has 2 rings (SSSR count). The molecule has 72 valence electrons. The van der Waals surface area contributed by atoms with Gasteiger partial charge in [0.25, 0.3) is 5.69 Å². The van der Waals surface area contributed by atoms with Gasteiger partial charge in [-0.25, -0.2) is 0 Å². The second-order valence-electron chi connectivity index (χ2n) is 2.95. The largest absolute Gasteiger partial charge is 0.288 e. The van der Waals surface area contributed by atoms with Crippen molar-refractivity contribution in [3.8, 4) is 0 Å². The van der Waals surface area contributed by atoms with E-state index in [1.807, 2.05) is 19.1 Å². The van der Waals surface area contributed by atoms with Crippen LogP contribution in [-0.4, -0.2) is 4.92 Å². The molecule has 0 radical (unpaired) electrons. The molecule has 0 aliphatic heterocycles. The van der Waals surface area contributed by atoms with Crippen LogP contribution < -0.4 is 0 Å². The van der Waals surface area contributed by atoms with E-state index in [1.165, 1.54) is 11.3 Å². The summed E-state index contributed by atoms with van der Waals surface area (Å²) in [4.78, 5) is 10.4. The number of aryl methyl sites for hydroxylation is 1. The Labute approximate surface area is 92.6 Å². The van der Waals surface area contributed by atoms with Crippen LogP contribution in [0.15, 0.2) is 22.0 Å². The van der Waals surface area contributed by atoms with Crippen molar-refractivity contribution in [1.29, 1.82) is 0 Å². The minimum absolute atomic E-state index is 0.198. The molecule has 0 spiro atoms. The monoisotopic (exact) mass is 271 g/mol. The Bertz CT molecular complexity index is 521. The lowest BCUT2D eigenvalue weighted by Crippen LogP contribution is -1.86. The Morgan fingerprint density at radius 1 is 1.50 bits per heavy atom. The van der Waals surface area contributed by atoms with Gasteiger partial charge in [-0.2, -0.15) is 0 Å². The Hall–Kier alpha value is -0.940. The van der Waals surface area contributed by atoms with E-state index < -0.39 is 0 Å². The summed E-state index contributed by atoms with van der Waals surface area (Å²) in [7, 11) is 0. The Balaban J connectivity index is 2.90. The van der Waals surface area contributed by atoms with Crippen LogP contribution in [0.1, 0.15) is 5.56 Å². The quantitative estimate of drug-likeness (QED) is 0.584. The van der Waals surface area contributed by atoms with Gasteiger partial charge in [0.1, 0.15) is 0 Å². The molecule has 1 heterocycles. The second kappa shape index (κ2) is 3.33. The van der Waals surface area contributed by atoms with Crippen molar-refractivity contribution in [1.82, 2.24) is 0 Å². The number of thiophene rings is 1. The first kappa shape index (κ1) is 9.61. The predicted molar refractivity (Wildman–Crippen MR) is 60.9 cm³/mol. The van der Waals surface area contributed by atoms with E-state index >= 15 is 0 Å². The van der Waals surface area contributed by atoms with Gasteiger partial charge >= 0.3 is 0 Å². The zero-order valence-corrected chi connectivity index (χ0v) is 9.68. The molecule has 0 bridgehead atoms. The molecule has 3 nitrogen and oxygen atoms in total. The summed E-state index contributed by atoms with van der Waals surface area (Å²) >= 11 is 4.78. The maximum atomic E-state index is 10.7. The van der Waals surface area contributed by atoms with Gasteiger partial charge in [-0.05, 0) is 34.5 Å². The lowest BCUT2D eigenvalue weighted by Gasteiger charge is -1.97. The molecule has 1 aromatic carbocycles. The number of nitrogens with zero attached hydrogens (tertiary/aromatic N) is 1. The molecule has 14 heavy (non-hydrogen) atoms. The Kier molecular flexibility index (Phi) is 2.28. The van der Waals surface area contributed by atoms with Crippen molar-refractivity contribution < 1.29 is 4.92 Å². The van der Waals surface area contributed by atoms with Gasteiger partial charge in [0.05, 0.1) is 20.4 Å². The number of hydrogen-bond acceptors (Lipinski definition) is 3. The summed E-state index contributed by atoms with van der Waals surface area (Å²) in [5, 5.41) is 13.1. The molecule has 0 atom stereocenters. The van der Waals surface area contributed by atoms with E-state index in [4.69, 9.17) is 0 Å². The third-order valence-corrected chi connectivity index (χ3v) is 3.98. The molecule has 0 unspecified atom stereocenters. The number of rotatable bonds is 1. The summed E-state index contributed by atoms with van der Waals surface area (Å²) in [6.45, 7) is 1.88. The zero-order valence-electron chi connectivity index (χ0n) is 7.28. The number of benzene rings is 1. The van der Waals surface area contributed by atoms with Gasteiger partial charge in [0, 0.05) is 4.47 Å². The first-order chi connectivity index (χ1) is 6.61. The van der Waals surface area contributed by atoms with E-state index in [0.717, 1.165) is 20.1 Å². The number of hydrogen-bond donors (Lipinski definition) is 0. The van der Waals surface area contributed by atoms with Gasteiger partial charge in [-0.15, -0.1) is 11.3 Å². The van der Waals surface area contributed by atoms with Crippen LogP contribution in [-0.2, 0) is 0 Å². The minimum atomic E-state index is -0.335. The van der Waals surface area contributed by atoms with E-state index in [2.05, 4.69) is 15.9 Å². The molecule has 0 aliphatic carbocycles. The van der Waals surface area contributed by atoms with Crippen LogP contribution in [0.25, 0.3) is 10.1 Å². The van der Waals surface area contributed by atoms with Crippen molar-refractivity contribution in [3.63, 3.8) is 0 Å². The van der Waals surface area contributed by atoms with Crippen molar-refractivity contribution in [2.45, 2.75) is 6.92 Å². The fraction of sp³-hybridized carbons (Fsp3) is 0.111. The topological polar surface area (TPSA) is 43.1 Å². The van der Waals surface area contributed by atoms with Crippen molar-refractivity contribution >= 4 is 43.0 Å². The molecule has 1 aromatic heterocycles. The molecule has 0 aliphatic rings. The molecule has 0 fully saturated rings. The first-order valence-corrected chi connectivity index (χ1v) is 5.59. The van der Waals surface area contributed by atoms with Gasteiger partial charge in [0.2, 0.25) is 0 Å². The summed E-state index contributed by atoms with van der Waals surface area (Å²) < 4.78 is 1.85. The predicted octanol–water partition coefficient (Wildman–Crippen LogP) is 3.88. The molecule has 0 saturated carbocycles. The van der Waals surface area contributed by atoms with E-state index in [1.54, 1.807) is 5.38 Å². The standard InChI is InChI=1S/C9H6BrNO2S/c1-5-2-3-6(10)9-8(5)7(4-14-9)11(12)13/h2-4H,1H3. The Morgan fingerprint density at radius 2 is 2.21 bits per heavy atom. The van der Waals surface area contributed by atoms with E-state index in [-0.39, 0.29) is 10.6 Å². The van der Waals surface area contributed by atoms with Gasteiger partial charge in [-0.3, -0.25) is 10.1 Å². The van der Waals surface area contributed by atoms with Gasteiger partial charge in [0.15, 0.2) is 0 Å². The highest BCUT2D eigenvalue weighted by atomic mass is 79.9. The molecule has 0 amide bonds.